The van der Waals surface area contributed by atoms with Crippen molar-refractivity contribution in [2.45, 2.75) is 6.92 Å². The van der Waals surface area contributed by atoms with Crippen LogP contribution in [0.4, 0.5) is 4.39 Å². The molecule has 16 heavy (non-hydrogen) atoms. The van der Waals surface area contributed by atoms with Gasteiger partial charge >= 0.3 is 0 Å². The molecule has 82 valence electrons. The van der Waals surface area contributed by atoms with Gasteiger partial charge in [0.15, 0.2) is 0 Å². The third kappa shape index (κ3) is 2.18. The smallest absolute Gasteiger partial charge is 0.132 e. The van der Waals surface area contributed by atoms with Gasteiger partial charge < -0.3 is 0 Å². The quantitative estimate of drug-likeness (QED) is 0.731. The van der Waals surface area contributed by atoms with Gasteiger partial charge in [-0.25, -0.2) is 4.39 Å². The summed E-state index contributed by atoms with van der Waals surface area (Å²) in [6.07, 6.45) is 1.61. The second kappa shape index (κ2) is 4.40. The minimum absolute atomic E-state index is 0.356. The van der Waals surface area contributed by atoms with Crippen LogP contribution in [-0.4, -0.2) is 4.98 Å². The van der Waals surface area contributed by atoms with Gasteiger partial charge in [0.05, 0.1) is 5.69 Å². The first-order chi connectivity index (χ1) is 7.58. The van der Waals surface area contributed by atoms with E-state index in [4.69, 9.17) is 23.2 Å². The minimum Gasteiger partial charge on any atom is -0.256 e. The molecule has 0 bridgehead atoms. The van der Waals surface area contributed by atoms with E-state index in [9.17, 15) is 4.39 Å². The van der Waals surface area contributed by atoms with Crippen molar-refractivity contribution in [3.05, 3.63) is 51.9 Å². The maximum Gasteiger partial charge on any atom is 0.132 e. The van der Waals surface area contributed by atoms with Crippen LogP contribution in [0, 0.1) is 12.7 Å². The van der Waals surface area contributed by atoms with Crippen LogP contribution in [0.15, 0.2) is 30.5 Å². The molecule has 0 aliphatic heterocycles. The Morgan fingerprint density at radius 1 is 1.19 bits per heavy atom. The predicted molar refractivity (Wildman–Crippen MR) is 64.4 cm³/mol. The third-order valence-electron chi connectivity index (χ3n) is 2.24. The molecule has 0 radical (unpaired) electrons. The van der Waals surface area contributed by atoms with E-state index in [1.807, 2.05) is 6.92 Å². The molecule has 0 aliphatic carbocycles. The number of hydrogen-bond donors (Lipinski definition) is 0. The molecule has 1 aromatic carbocycles. The van der Waals surface area contributed by atoms with Crippen molar-refractivity contribution in [1.29, 1.82) is 0 Å². The van der Waals surface area contributed by atoms with E-state index in [0.29, 0.717) is 21.3 Å². The highest BCUT2D eigenvalue weighted by Crippen LogP contribution is 2.27. The van der Waals surface area contributed by atoms with E-state index in [1.54, 1.807) is 12.3 Å². The van der Waals surface area contributed by atoms with Gasteiger partial charge in [-0.1, -0.05) is 23.2 Å². The summed E-state index contributed by atoms with van der Waals surface area (Å²) in [5.41, 5.74) is 1.69. The van der Waals surface area contributed by atoms with Gasteiger partial charge in [0, 0.05) is 21.8 Å². The van der Waals surface area contributed by atoms with Gasteiger partial charge in [-0.2, -0.15) is 0 Å². The van der Waals surface area contributed by atoms with Crippen molar-refractivity contribution < 1.29 is 4.39 Å². The molecule has 0 fully saturated rings. The van der Waals surface area contributed by atoms with Crippen molar-refractivity contribution >= 4 is 23.2 Å². The molecule has 0 N–H and O–H groups in total. The standard InChI is InChI=1S/C12H8Cl2FN/c1-7-6-16-12(5-10(7)14)9-4-8(13)2-3-11(9)15/h2-6H,1H3. The van der Waals surface area contributed by atoms with Crippen LogP contribution >= 0.6 is 23.2 Å². The highest BCUT2D eigenvalue weighted by molar-refractivity contribution is 6.31. The van der Waals surface area contributed by atoms with Crippen molar-refractivity contribution in [1.82, 2.24) is 4.98 Å². The number of aromatic nitrogens is 1. The minimum atomic E-state index is -0.364. The summed E-state index contributed by atoms with van der Waals surface area (Å²) in [5, 5.41) is 1.03. The summed E-state index contributed by atoms with van der Waals surface area (Å²) >= 11 is 11.8. The monoisotopic (exact) mass is 255 g/mol. The number of aryl methyl sites for hydroxylation is 1. The van der Waals surface area contributed by atoms with Gasteiger partial charge in [0.1, 0.15) is 5.82 Å². The number of rotatable bonds is 1. The topological polar surface area (TPSA) is 12.9 Å². The third-order valence-corrected chi connectivity index (χ3v) is 2.88. The van der Waals surface area contributed by atoms with E-state index >= 15 is 0 Å². The largest absolute Gasteiger partial charge is 0.256 e. The van der Waals surface area contributed by atoms with Crippen LogP contribution in [-0.2, 0) is 0 Å². The fourth-order valence-corrected chi connectivity index (χ4v) is 1.66. The molecule has 4 heteroatoms. The molecule has 0 unspecified atom stereocenters. The Kier molecular flexibility index (Phi) is 3.13. The lowest BCUT2D eigenvalue weighted by molar-refractivity contribution is 0.631. The van der Waals surface area contributed by atoms with Crippen molar-refractivity contribution in [2.24, 2.45) is 0 Å². The van der Waals surface area contributed by atoms with Crippen molar-refractivity contribution in [3.63, 3.8) is 0 Å². The molecule has 1 heterocycles. The Morgan fingerprint density at radius 2 is 1.94 bits per heavy atom. The molecule has 0 saturated heterocycles. The van der Waals surface area contributed by atoms with Crippen molar-refractivity contribution in [3.8, 4) is 11.3 Å². The molecular weight excluding hydrogens is 248 g/mol. The molecule has 2 rings (SSSR count). The molecule has 0 spiro atoms. The normalized spacial score (nSPS) is 10.5. The number of hydrogen-bond acceptors (Lipinski definition) is 1. The van der Waals surface area contributed by atoms with Crippen molar-refractivity contribution in [2.75, 3.05) is 0 Å². The lowest BCUT2D eigenvalue weighted by Crippen LogP contribution is -1.89. The van der Waals surface area contributed by atoms with E-state index in [-0.39, 0.29) is 5.82 Å². The number of nitrogens with zero attached hydrogens (tertiary/aromatic N) is 1. The molecule has 2 aromatic rings. The van der Waals surface area contributed by atoms with Crippen LogP contribution in [0.5, 0.6) is 0 Å². The fraction of sp³-hybridized carbons (Fsp3) is 0.0833. The Morgan fingerprint density at radius 3 is 2.62 bits per heavy atom. The number of benzene rings is 1. The highest BCUT2D eigenvalue weighted by Gasteiger charge is 2.08. The summed E-state index contributed by atoms with van der Waals surface area (Å²) in [6.45, 7) is 1.84. The Balaban J connectivity index is 2.58. The van der Waals surface area contributed by atoms with Gasteiger partial charge in [-0.3, -0.25) is 4.98 Å². The molecule has 0 atom stereocenters. The SMILES string of the molecule is Cc1cnc(-c2cc(Cl)ccc2F)cc1Cl. The summed E-state index contributed by atoms with van der Waals surface area (Å²) < 4.78 is 13.5. The van der Waals surface area contributed by atoms with Gasteiger partial charge in [0.2, 0.25) is 0 Å². The maximum atomic E-state index is 13.5. The summed E-state index contributed by atoms with van der Waals surface area (Å²) in [6, 6.07) is 5.97. The van der Waals surface area contributed by atoms with E-state index in [1.165, 1.54) is 18.2 Å². The van der Waals surface area contributed by atoms with Crippen LogP contribution < -0.4 is 0 Å². The van der Waals surface area contributed by atoms with Gasteiger partial charge in [-0.15, -0.1) is 0 Å². The molecule has 0 aliphatic rings. The Hall–Kier alpha value is -1.12. The Bertz CT molecular complexity index is 541. The zero-order chi connectivity index (χ0) is 11.7. The van der Waals surface area contributed by atoms with E-state index in [2.05, 4.69) is 4.98 Å². The highest BCUT2D eigenvalue weighted by atomic mass is 35.5. The first kappa shape index (κ1) is 11.4. The average molecular weight is 256 g/mol. The lowest BCUT2D eigenvalue weighted by atomic mass is 10.1. The molecule has 1 nitrogen and oxygen atoms in total. The summed E-state index contributed by atoms with van der Waals surface area (Å²) in [4.78, 5) is 4.13. The fourth-order valence-electron chi connectivity index (χ4n) is 1.34. The predicted octanol–water partition coefficient (Wildman–Crippen LogP) is 4.50. The summed E-state index contributed by atoms with van der Waals surface area (Å²) in [5.74, 6) is -0.364. The van der Waals surface area contributed by atoms with Crippen LogP contribution in [0.3, 0.4) is 0 Å². The number of halogens is 3. The lowest BCUT2D eigenvalue weighted by Gasteiger charge is -2.05. The van der Waals surface area contributed by atoms with E-state index < -0.39 is 0 Å². The van der Waals surface area contributed by atoms with Crippen LogP contribution in [0.2, 0.25) is 10.0 Å². The molecular formula is C12H8Cl2FN. The molecule has 0 amide bonds. The maximum absolute atomic E-state index is 13.5. The number of pyridine rings is 1. The van der Waals surface area contributed by atoms with E-state index in [0.717, 1.165) is 5.56 Å². The summed E-state index contributed by atoms with van der Waals surface area (Å²) in [7, 11) is 0. The second-order valence-electron chi connectivity index (χ2n) is 3.44. The second-order valence-corrected chi connectivity index (χ2v) is 4.29. The molecule has 0 saturated carbocycles. The molecule has 1 aromatic heterocycles. The van der Waals surface area contributed by atoms with Gasteiger partial charge in [-0.05, 0) is 36.8 Å². The van der Waals surface area contributed by atoms with Gasteiger partial charge in [0.25, 0.3) is 0 Å². The Labute approximate surface area is 103 Å². The average Bonchev–Trinajstić information content (AvgIpc) is 2.26. The first-order valence-electron chi connectivity index (χ1n) is 4.65. The first-order valence-corrected chi connectivity index (χ1v) is 5.41. The zero-order valence-electron chi connectivity index (χ0n) is 8.47. The van der Waals surface area contributed by atoms with Crippen LogP contribution in [0.1, 0.15) is 5.56 Å². The zero-order valence-corrected chi connectivity index (χ0v) is 9.98. The van der Waals surface area contributed by atoms with Crippen LogP contribution in [0.25, 0.3) is 11.3 Å².